The highest BCUT2D eigenvalue weighted by Crippen LogP contribution is 2.48. The van der Waals surface area contributed by atoms with E-state index < -0.39 is 0 Å². The van der Waals surface area contributed by atoms with E-state index in [4.69, 9.17) is 0 Å². The van der Waals surface area contributed by atoms with Gasteiger partial charge < -0.3 is 0 Å². The number of benzene rings is 1. The summed E-state index contributed by atoms with van der Waals surface area (Å²) < 4.78 is 0. The van der Waals surface area contributed by atoms with Crippen LogP contribution in [0.5, 0.6) is 0 Å². The second-order valence-electron chi connectivity index (χ2n) is 6.77. The van der Waals surface area contributed by atoms with Gasteiger partial charge in [-0.3, -0.25) is 4.79 Å². The molecule has 0 aliphatic heterocycles. The van der Waals surface area contributed by atoms with Crippen molar-refractivity contribution in [3.05, 3.63) is 34.9 Å². The molecular formula is C18H24N2O. The quantitative estimate of drug-likeness (QED) is 0.665. The van der Waals surface area contributed by atoms with Gasteiger partial charge in [-0.1, -0.05) is 12.5 Å². The van der Waals surface area contributed by atoms with Gasteiger partial charge in [0.15, 0.2) is 0 Å². The predicted octanol–water partition coefficient (Wildman–Crippen LogP) is 3.85. The fourth-order valence-electron chi connectivity index (χ4n) is 3.93. The lowest BCUT2D eigenvalue weighted by atomic mass is 9.86. The smallest absolute Gasteiger partial charge is 0.267 e. The minimum Gasteiger partial charge on any atom is -0.267 e. The molecule has 2 fully saturated rings. The highest BCUT2D eigenvalue weighted by Gasteiger charge is 2.40. The van der Waals surface area contributed by atoms with E-state index in [2.05, 4.69) is 24.4 Å². The van der Waals surface area contributed by atoms with Crippen molar-refractivity contribution in [2.75, 3.05) is 0 Å². The molecule has 3 atom stereocenters. The molecule has 0 spiro atoms. The van der Waals surface area contributed by atoms with Crippen LogP contribution in [0.15, 0.2) is 23.3 Å². The highest BCUT2D eigenvalue weighted by molar-refractivity contribution is 5.95. The van der Waals surface area contributed by atoms with Gasteiger partial charge in [-0.2, -0.15) is 5.10 Å². The minimum absolute atomic E-state index is 0.111. The Kier molecular flexibility index (Phi) is 3.83. The van der Waals surface area contributed by atoms with Gasteiger partial charge in [0, 0.05) is 17.2 Å². The Labute approximate surface area is 126 Å². The largest absolute Gasteiger partial charge is 0.271 e. The molecule has 2 aliphatic rings. The number of amides is 1. The van der Waals surface area contributed by atoms with Gasteiger partial charge in [0.2, 0.25) is 0 Å². The Morgan fingerprint density at radius 3 is 2.62 bits per heavy atom. The van der Waals surface area contributed by atoms with Crippen LogP contribution >= 0.6 is 0 Å². The predicted molar refractivity (Wildman–Crippen MR) is 85.4 cm³/mol. The van der Waals surface area contributed by atoms with Crippen molar-refractivity contribution in [2.24, 2.45) is 22.9 Å². The fourth-order valence-corrected chi connectivity index (χ4v) is 3.93. The molecule has 1 amide bonds. The molecule has 112 valence electrons. The summed E-state index contributed by atoms with van der Waals surface area (Å²) in [5.74, 6) is 2.18. The van der Waals surface area contributed by atoms with E-state index in [1.165, 1.54) is 31.2 Å². The lowest BCUT2D eigenvalue weighted by Gasteiger charge is -2.21. The van der Waals surface area contributed by atoms with E-state index in [0.717, 1.165) is 23.1 Å². The molecule has 0 saturated heterocycles. The Morgan fingerprint density at radius 2 is 2.00 bits per heavy atom. The zero-order valence-corrected chi connectivity index (χ0v) is 13.1. The van der Waals surface area contributed by atoms with Crippen LogP contribution in [0.25, 0.3) is 0 Å². The third-order valence-corrected chi connectivity index (χ3v) is 5.38. The molecule has 1 aromatic rings. The number of nitrogens with zero attached hydrogens (tertiary/aromatic N) is 1. The number of aryl methyl sites for hydroxylation is 2. The first-order chi connectivity index (χ1) is 10.0. The second kappa shape index (κ2) is 5.63. The number of hydrazone groups is 1. The number of carbonyl (C=O) groups is 1. The Morgan fingerprint density at radius 1 is 1.19 bits per heavy atom. The molecule has 3 heteroatoms. The van der Waals surface area contributed by atoms with Crippen molar-refractivity contribution < 1.29 is 4.79 Å². The Bertz CT molecular complexity index is 591. The molecule has 2 aliphatic carbocycles. The number of hydrogen-bond acceptors (Lipinski definition) is 2. The van der Waals surface area contributed by atoms with Crippen molar-refractivity contribution in [3.63, 3.8) is 0 Å². The first-order valence-corrected chi connectivity index (χ1v) is 7.96. The van der Waals surface area contributed by atoms with Crippen LogP contribution in [0.2, 0.25) is 0 Å². The molecule has 1 aromatic carbocycles. The first-order valence-electron chi connectivity index (χ1n) is 7.96. The van der Waals surface area contributed by atoms with E-state index in [1.54, 1.807) is 0 Å². The number of carbonyl (C=O) groups excluding carboxylic acids is 1. The summed E-state index contributed by atoms with van der Waals surface area (Å²) in [7, 11) is 0. The molecule has 2 saturated carbocycles. The van der Waals surface area contributed by atoms with Crippen molar-refractivity contribution in [1.82, 2.24) is 5.43 Å². The number of fused-ring (bicyclic) bond motifs is 2. The van der Waals surface area contributed by atoms with Crippen LogP contribution in [0.1, 0.15) is 54.1 Å². The van der Waals surface area contributed by atoms with E-state index in [9.17, 15) is 4.79 Å². The van der Waals surface area contributed by atoms with Crippen LogP contribution in [-0.2, 0) is 0 Å². The van der Waals surface area contributed by atoms with Crippen LogP contribution in [-0.4, -0.2) is 11.6 Å². The second-order valence-corrected chi connectivity index (χ2v) is 6.77. The summed E-state index contributed by atoms with van der Waals surface area (Å²) >= 11 is 0. The molecule has 21 heavy (non-hydrogen) atoms. The molecular weight excluding hydrogens is 260 g/mol. The number of hydrogen-bond donors (Lipinski definition) is 1. The van der Waals surface area contributed by atoms with Gasteiger partial charge in [-0.25, -0.2) is 5.43 Å². The number of nitrogens with one attached hydrogen (secondary N) is 1. The van der Waals surface area contributed by atoms with Gasteiger partial charge in [0.1, 0.15) is 0 Å². The topological polar surface area (TPSA) is 41.5 Å². The van der Waals surface area contributed by atoms with E-state index in [0.29, 0.717) is 11.5 Å². The molecule has 0 radical (unpaired) electrons. The third-order valence-electron chi connectivity index (χ3n) is 5.38. The summed E-state index contributed by atoms with van der Waals surface area (Å²) in [5, 5.41) is 4.37. The van der Waals surface area contributed by atoms with Crippen molar-refractivity contribution in [2.45, 2.75) is 46.5 Å². The average Bonchev–Trinajstić information content (AvgIpc) is 3.10. The molecule has 3 rings (SSSR count). The summed E-state index contributed by atoms with van der Waals surface area (Å²) in [5.41, 5.74) is 6.85. The average molecular weight is 284 g/mol. The molecule has 3 nitrogen and oxygen atoms in total. The maximum Gasteiger partial charge on any atom is 0.271 e. The van der Waals surface area contributed by atoms with Gasteiger partial charge in [0.25, 0.3) is 5.91 Å². The lowest BCUT2D eigenvalue weighted by molar-refractivity contribution is 0.0954. The van der Waals surface area contributed by atoms with Crippen LogP contribution in [0.4, 0.5) is 0 Å². The molecule has 0 unspecified atom stereocenters. The van der Waals surface area contributed by atoms with Crippen LogP contribution < -0.4 is 5.43 Å². The van der Waals surface area contributed by atoms with Gasteiger partial charge >= 0.3 is 0 Å². The van der Waals surface area contributed by atoms with Gasteiger partial charge in [-0.05, 0) is 75.1 Å². The summed E-state index contributed by atoms with van der Waals surface area (Å²) in [4.78, 5) is 12.2. The monoisotopic (exact) mass is 284 g/mol. The fraction of sp³-hybridized carbons (Fsp3) is 0.556. The van der Waals surface area contributed by atoms with Crippen molar-refractivity contribution in [1.29, 1.82) is 0 Å². The van der Waals surface area contributed by atoms with Crippen LogP contribution in [0.3, 0.4) is 0 Å². The first kappa shape index (κ1) is 14.3. The van der Waals surface area contributed by atoms with E-state index >= 15 is 0 Å². The Balaban J connectivity index is 1.64. The van der Waals surface area contributed by atoms with Crippen molar-refractivity contribution in [3.8, 4) is 0 Å². The Hall–Kier alpha value is -1.64. The molecule has 2 bridgehead atoms. The minimum atomic E-state index is -0.111. The maximum atomic E-state index is 12.2. The van der Waals surface area contributed by atoms with Gasteiger partial charge in [0.05, 0.1) is 0 Å². The summed E-state index contributed by atoms with van der Waals surface area (Å²) in [6, 6.07) is 5.77. The zero-order valence-electron chi connectivity index (χ0n) is 13.1. The van der Waals surface area contributed by atoms with Gasteiger partial charge in [-0.15, -0.1) is 0 Å². The summed E-state index contributed by atoms with van der Waals surface area (Å²) in [6.45, 7) is 6.14. The van der Waals surface area contributed by atoms with Crippen LogP contribution in [0, 0.1) is 31.6 Å². The van der Waals surface area contributed by atoms with Crippen molar-refractivity contribution >= 4 is 11.6 Å². The zero-order chi connectivity index (χ0) is 15.0. The lowest BCUT2D eigenvalue weighted by Crippen LogP contribution is -2.24. The summed E-state index contributed by atoms with van der Waals surface area (Å²) in [6.07, 6.45) is 5.36. The normalized spacial score (nSPS) is 28.0. The van der Waals surface area contributed by atoms with E-state index in [1.807, 2.05) is 25.1 Å². The standard InChI is InChI=1S/C18H24N2O/c1-11-4-6-16(8-12(11)2)18(21)20-19-13(3)17-10-14-5-7-15(17)9-14/h4,6,8,14-15,17H,5,7,9-10H2,1-3H3,(H,20,21)/b19-13-/t14-,15-,17+/m1/s1. The highest BCUT2D eigenvalue weighted by atomic mass is 16.2. The maximum absolute atomic E-state index is 12.2. The molecule has 1 N–H and O–H groups in total. The SMILES string of the molecule is C/C(=N/NC(=O)c1ccc(C)c(C)c1)[C@@H]1C[C@@H]2CC[C@@H]1C2. The third kappa shape index (κ3) is 2.87. The number of rotatable bonds is 3. The molecule has 0 aromatic heterocycles. The van der Waals surface area contributed by atoms with E-state index in [-0.39, 0.29) is 5.91 Å². The molecule has 0 heterocycles.